The number of hydrogen-bond acceptors (Lipinski definition) is 4. The number of pyridine rings is 1. The summed E-state index contributed by atoms with van der Waals surface area (Å²) >= 11 is 6.02. The second kappa shape index (κ2) is 5.91. The molecular formula is C14H16ClN3O. The maximum atomic E-state index is 6.02. The molecule has 0 unspecified atom stereocenters. The van der Waals surface area contributed by atoms with Crippen molar-refractivity contribution in [3.05, 3.63) is 47.1 Å². The normalized spacial score (nSPS) is 10.3. The molecule has 19 heavy (non-hydrogen) atoms. The van der Waals surface area contributed by atoms with Crippen LogP contribution in [0, 0.1) is 0 Å². The van der Waals surface area contributed by atoms with Crippen molar-refractivity contribution in [3.63, 3.8) is 0 Å². The minimum Gasteiger partial charge on any atom is -0.495 e. The topological polar surface area (TPSA) is 51.4 Å². The second-order valence-corrected chi connectivity index (χ2v) is 4.48. The van der Waals surface area contributed by atoms with E-state index in [1.807, 2.05) is 42.3 Å². The lowest BCUT2D eigenvalue weighted by atomic mass is 10.2. The average Bonchev–Trinajstić information content (AvgIpc) is 2.47. The van der Waals surface area contributed by atoms with Crippen LogP contribution in [-0.2, 0) is 6.54 Å². The lowest BCUT2D eigenvalue weighted by Gasteiger charge is -2.21. The molecule has 2 aromatic rings. The Labute approximate surface area is 117 Å². The number of nitrogens with zero attached hydrogens (tertiary/aromatic N) is 2. The average molecular weight is 278 g/mol. The Hall–Kier alpha value is -1.78. The molecule has 0 bridgehead atoms. The molecule has 0 saturated heterocycles. The molecule has 0 aliphatic rings. The Kier molecular flexibility index (Phi) is 4.24. The smallest absolute Gasteiger partial charge is 0.142 e. The van der Waals surface area contributed by atoms with Crippen LogP contribution in [0.3, 0.4) is 0 Å². The number of nitrogens with two attached hydrogens (primary N) is 1. The molecule has 1 aromatic carbocycles. The summed E-state index contributed by atoms with van der Waals surface area (Å²) < 4.78 is 5.35. The van der Waals surface area contributed by atoms with Gasteiger partial charge in [0.05, 0.1) is 17.8 Å². The van der Waals surface area contributed by atoms with Crippen molar-refractivity contribution in [1.29, 1.82) is 0 Å². The summed E-state index contributed by atoms with van der Waals surface area (Å²) in [6.45, 7) is 0.383. The number of para-hydroxylation sites is 2. The summed E-state index contributed by atoms with van der Waals surface area (Å²) in [6, 6.07) is 9.64. The van der Waals surface area contributed by atoms with Gasteiger partial charge in [0, 0.05) is 19.8 Å². The minimum atomic E-state index is 0.383. The van der Waals surface area contributed by atoms with Gasteiger partial charge in [0.1, 0.15) is 11.6 Å². The number of halogens is 1. The third-order valence-electron chi connectivity index (χ3n) is 2.93. The molecule has 1 heterocycles. The first kappa shape index (κ1) is 13.6. The first-order valence-electron chi connectivity index (χ1n) is 5.88. The van der Waals surface area contributed by atoms with Gasteiger partial charge in [0.2, 0.25) is 0 Å². The van der Waals surface area contributed by atoms with Crippen molar-refractivity contribution in [2.45, 2.75) is 6.54 Å². The molecule has 2 N–H and O–H groups in total. The molecular weight excluding hydrogens is 262 g/mol. The lowest BCUT2D eigenvalue weighted by Crippen LogP contribution is -2.13. The van der Waals surface area contributed by atoms with E-state index >= 15 is 0 Å². The van der Waals surface area contributed by atoms with E-state index in [1.165, 1.54) is 0 Å². The third-order valence-corrected chi connectivity index (χ3v) is 3.27. The molecule has 0 atom stereocenters. The van der Waals surface area contributed by atoms with Gasteiger partial charge in [-0.25, -0.2) is 4.98 Å². The van der Waals surface area contributed by atoms with Crippen LogP contribution >= 0.6 is 11.6 Å². The van der Waals surface area contributed by atoms with Crippen molar-refractivity contribution in [2.24, 2.45) is 5.73 Å². The molecule has 0 saturated carbocycles. The quantitative estimate of drug-likeness (QED) is 0.933. The minimum absolute atomic E-state index is 0.383. The summed E-state index contributed by atoms with van der Waals surface area (Å²) in [5.74, 6) is 1.56. The monoisotopic (exact) mass is 277 g/mol. The molecule has 0 radical (unpaired) electrons. The Bertz CT molecular complexity index is 574. The molecule has 1 aromatic heterocycles. The van der Waals surface area contributed by atoms with Gasteiger partial charge >= 0.3 is 0 Å². The zero-order valence-corrected chi connectivity index (χ0v) is 11.7. The summed E-state index contributed by atoms with van der Waals surface area (Å²) in [6.07, 6.45) is 1.62. The molecule has 0 aliphatic carbocycles. The fourth-order valence-electron chi connectivity index (χ4n) is 1.84. The van der Waals surface area contributed by atoms with Crippen LogP contribution in [0.25, 0.3) is 0 Å². The van der Waals surface area contributed by atoms with Gasteiger partial charge in [-0.05, 0) is 23.8 Å². The molecule has 0 fully saturated rings. The van der Waals surface area contributed by atoms with E-state index in [9.17, 15) is 0 Å². The predicted octanol–water partition coefficient (Wildman–Crippen LogP) is 2.97. The lowest BCUT2D eigenvalue weighted by molar-refractivity contribution is 0.415. The summed E-state index contributed by atoms with van der Waals surface area (Å²) in [5.41, 5.74) is 7.46. The van der Waals surface area contributed by atoms with Gasteiger partial charge in [-0.2, -0.15) is 0 Å². The Morgan fingerprint density at radius 2 is 2.11 bits per heavy atom. The van der Waals surface area contributed by atoms with Gasteiger partial charge in [-0.15, -0.1) is 0 Å². The highest BCUT2D eigenvalue weighted by Gasteiger charge is 2.11. The van der Waals surface area contributed by atoms with Crippen LogP contribution in [-0.4, -0.2) is 19.1 Å². The Morgan fingerprint density at radius 1 is 1.37 bits per heavy atom. The number of aromatic nitrogens is 1. The third kappa shape index (κ3) is 2.80. The molecule has 2 rings (SSSR count). The van der Waals surface area contributed by atoms with Crippen LogP contribution in [0.1, 0.15) is 5.56 Å². The van der Waals surface area contributed by atoms with Crippen LogP contribution in [0.4, 0.5) is 11.5 Å². The summed E-state index contributed by atoms with van der Waals surface area (Å²) in [7, 11) is 3.57. The van der Waals surface area contributed by atoms with Crippen LogP contribution < -0.4 is 15.4 Å². The SMILES string of the molecule is COc1ccccc1N(C)c1cc(CN)c(Cl)cn1. The molecule has 0 aliphatic heterocycles. The molecule has 0 amide bonds. The van der Waals surface area contributed by atoms with Gasteiger partial charge in [-0.1, -0.05) is 23.7 Å². The number of benzene rings is 1. The highest BCUT2D eigenvalue weighted by Crippen LogP contribution is 2.32. The second-order valence-electron chi connectivity index (χ2n) is 4.07. The van der Waals surface area contributed by atoms with Crippen LogP contribution in [0.15, 0.2) is 36.5 Å². The number of ether oxygens (including phenoxy) is 1. The zero-order chi connectivity index (χ0) is 13.8. The molecule has 5 heteroatoms. The zero-order valence-electron chi connectivity index (χ0n) is 10.9. The van der Waals surface area contributed by atoms with E-state index in [4.69, 9.17) is 22.1 Å². The first-order chi connectivity index (χ1) is 9.17. The largest absolute Gasteiger partial charge is 0.495 e. The van der Waals surface area contributed by atoms with E-state index in [-0.39, 0.29) is 0 Å². The van der Waals surface area contributed by atoms with Gasteiger partial charge in [0.15, 0.2) is 0 Å². The van der Waals surface area contributed by atoms with Crippen molar-refractivity contribution in [3.8, 4) is 5.75 Å². The van der Waals surface area contributed by atoms with E-state index in [2.05, 4.69) is 4.98 Å². The van der Waals surface area contributed by atoms with Gasteiger partial charge in [-0.3, -0.25) is 0 Å². The fourth-order valence-corrected chi connectivity index (χ4v) is 2.02. The van der Waals surface area contributed by atoms with Crippen molar-refractivity contribution >= 4 is 23.1 Å². The van der Waals surface area contributed by atoms with Gasteiger partial charge < -0.3 is 15.4 Å². The number of methoxy groups -OCH3 is 1. The van der Waals surface area contributed by atoms with E-state index < -0.39 is 0 Å². The van der Waals surface area contributed by atoms with Crippen molar-refractivity contribution in [2.75, 3.05) is 19.1 Å². The highest BCUT2D eigenvalue weighted by atomic mass is 35.5. The van der Waals surface area contributed by atoms with Crippen molar-refractivity contribution in [1.82, 2.24) is 4.98 Å². The number of hydrogen-bond donors (Lipinski definition) is 1. The molecule has 0 spiro atoms. The predicted molar refractivity (Wildman–Crippen MR) is 78.2 cm³/mol. The van der Waals surface area contributed by atoms with Crippen LogP contribution in [0.5, 0.6) is 5.75 Å². The van der Waals surface area contributed by atoms with Crippen LogP contribution in [0.2, 0.25) is 5.02 Å². The van der Waals surface area contributed by atoms with E-state index in [0.717, 1.165) is 22.8 Å². The number of anilines is 2. The van der Waals surface area contributed by atoms with Crippen molar-refractivity contribution < 1.29 is 4.74 Å². The Balaban J connectivity index is 2.41. The first-order valence-corrected chi connectivity index (χ1v) is 6.26. The van der Waals surface area contributed by atoms with E-state index in [1.54, 1.807) is 13.3 Å². The fraction of sp³-hybridized carbons (Fsp3) is 0.214. The number of rotatable bonds is 4. The maximum Gasteiger partial charge on any atom is 0.142 e. The standard InChI is InChI=1S/C14H16ClN3O/c1-18(12-5-3-4-6-13(12)19-2)14-7-10(8-16)11(15)9-17-14/h3-7,9H,8,16H2,1-2H3. The highest BCUT2D eigenvalue weighted by molar-refractivity contribution is 6.31. The molecule has 4 nitrogen and oxygen atoms in total. The van der Waals surface area contributed by atoms with Gasteiger partial charge in [0.25, 0.3) is 0 Å². The maximum absolute atomic E-state index is 6.02. The Morgan fingerprint density at radius 3 is 2.79 bits per heavy atom. The summed E-state index contributed by atoms with van der Waals surface area (Å²) in [5, 5.41) is 0.583. The molecule has 100 valence electrons. The van der Waals surface area contributed by atoms with E-state index in [0.29, 0.717) is 11.6 Å². The summed E-state index contributed by atoms with van der Waals surface area (Å²) in [4.78, 5) is 6.26.